The van der Waals surface area contributed by atoms with Crippen molar-refractivity contribution in [3.8, 4) is 0 Å². The van der Waals surface area contributed by atoms with Crippen LogP contribution >= 0.6 is 0 Å². The van der Waals surface area contributed by atoms with Crippen molar-refractivity contribution in [2.45, 2.75) is 26.6 Å². The van der Waals surface area contributed by atoms with Crippen LogP contribution in [0.5, 0.6) is 0 Å². The molecule has 0 radical (unpaired) electrons. The number of pyridine rings is 1. The summed E-state index contributed by atoms with van der Waals surface area (Å²) in [5.74, 6) is -0.230. The molecule has 1 heterocycles. The fraction of sp³-hybridized carbons (Fsp3) is 0.312. The van der Waals surface area contributed by atoms with Gasteiger partial charge < -0.3 is 5.73 Å². The maximum Gasteiger partial charge on any atom is 0.123 e. The van der Waals surface area contributed by atoms with Gasteiger partial charge in [0.05, 0.1) is 0 Å². The van der Waals surface area contributed by atoms with E-state index in [-0.39, 0.29) is 5.82 Å². The van der Waals surface area contributed by atoms with Crippen LogP contribution in [-0.4, -0.2) is 16.4 Å². The summed E-state index contributed by atoms with van der Waals surface area (Å²) in [5.41, 5.74) is 8.88. The summed E-state index contributed by atoms with van der Waals surface area (Å²) >= 11 is 0. The second-order valence-electron chi connectivity index (χ2n) is 4.78. The quantitative estimate of drug-likeness (QED) is 0.880. The molecule has 0 amide bonds. The molecule has 0 aliphatic heterocycles. The number of halogens is 1. The van der Waals surface area contributed by atoms with Crippen LogP contribution in [0.25, 0.3) is 0 Å². The zero-order valence-electron chi connectivity index (χ0n) is 11.7. The van der Waals surface area contributed by atoms with Crippen molar-refractivity contribution in [2.75, 3.05) is 6.54 Å². The summed E-state index contributed by atoms with van der Waals surface area (Å²) in [6.45, 7) is 5.02. The van der Waals surface area contributed by atoms with E-state index in [2.05, 4.69) is 16.8 Å². The highest BCUT2D eigenvalue weighted by molar-refractivity contribution is 5.28. The van der Waals surface area contributed by atoms with Gasteiger partial charge in [0.15, 0.2) is 0 Å². The van der Waals surface area contributed by atoms with Crippen molar-refractivity contribution in [1.29, 1.82) is 0 Å². The van der Waals surface area contributed by atoms with Gasteiger partial charge in [-0.25, -0.2) is 4.39 Å². The minimum atomic E-state index is -0.230. The van der Waals surface area contributed by atoms with E-state index < -0.39 is 0 Å². The van der Waals surface area contributed by atoms with Gasteiger partial charge in [0.1, 0.15) is 5.82 Å². The molecular formula is C16H20FN3. The molecule has 0 saturated carbocycles. The molecule has 0 aliphatic rings. The van der Waals surface area contributed by atoms with Gasteiger partial charge in [0, 0.05) is 32.0 Å². The molecule has 2 rings (SSSR count). The lowest BCUT2D eigenvalue weighted by Crippen LogP contribution is -2.23. The topological polar surface area (TPSA) is 42.2 Å². The average molecular weight is 273 g/mol. The first kappa shape index (κ1) is 14.6. The fourth-order valence-corrected chi connectivity index (χ4v) is 2.21. The van der Waals surface area contributed by atoms with Crippen molar-refractivity contribution in [1.82, 2.24) is 9.88 Å². The lowest BCUT2D eigenvalue weighted by atomic mass is 10.1. The van der Waals surface area contributed by atoms with Gasteiger partial charge in [-0.05, 0) is 47.5 Å². The number of aromatic nitrogens is 1. The average Bonchev–Trinajstić information content (AvgIpc) is 2.49. The van der Waals surface area contributed by atoms with Crippen LogP contribution in [0.1, 0.15) is 23.6 Å². The Bertz CT molecular complexity index is 543. The molecule has 4 heteroatoms. The molecule has 2 N–H and O–H groups in total. The Labute approximate surface area is 119 Å². The Kier molecular flexibility index (Phi) is 5.21. The van der Waals surface area contributed by atoms with Crippen LogP contribution in [-0.2, 0) is 19.6 Å². The predicted molar refractivity (Wildman–Crippen MR) is 78.3 cm³/mol. The zero-order chi connectivity index (χ0) is 14.4. The van der Waals surface area contributed by atoms with E-state index in [4.69, 9.17) is 5.73 Å². The molecule has 20 heavy (non-hydrogen) atoms. The highest BCUT2D eigenvalue weighted by Crippen LogP contribution is 2.15. The molecule has 0 fully saturated rings. The van der Waals surface area contributed by atoms with Gasteiger partial charge in [0.2, 0.25) is 0 Å². The summed E-state index contributed by atoms with van der Waals surface area (Å²) in [7, 11) is 0. The fourth-order valence-electron chi connectivity index (χ4n) is 2.21. The van der Waals surface area contributed by atoms with Crippen molar-refractivity contribution >= 4 is 0 Å². The molecule has 0 aliphatic carbocycles. The van der Waals surface area contributed by atoms with Gasteiger partial charge in [-0.1, -0.05) is 13.0 Å². The first-order valence-corrected chi connectivity index (χ1v) is 6.81. The number of benzene rings is 1. The maximum atomic E-state index is 13.2. The van der Waals surface area contributed by atoms with Crippen molar-refractivity contribution in [3.05, 3.63) is 65.2 Å². The molecule has 106 valence electrons. The molecule has 0 unspecified atom stereocenters. The summed E-state index contributed by atoms with van der Waals surface area (Å²) in [5, 5.41) is 0. The first-order chi connectivity index (χ1) is 9.72. The number of nitrogens with two attached hydrogens (primary N) is 1. The highest BCUT2D eigenvalue weighted by Gasteiger charge is 2.09. The van der Waals surface area contributed by atoms with E-state index in [0.29, 0.717) is 6.54 Å². The van der Waals surface area contributed by atoms with Gasteiger partial charge in [-0.2, -0.15) is 0 Å². The standard InChI is InChI=1S/C16H20FN3/c1-2-20(11-13-5-7-19-8-6-13)12-14-3-4-16(17)9-15(14)10-18/h3-9H,2,10-12,18H2,1H3. The van der Waals surface area contributed by atoms with Crippen LogP contribution in [0.3, 0.4) is 0 Å². The first-order valence-electron chi connectivity index (χ1n) is 6.81. The van der Waals surface area contributed by atoms with E-state index in [1.807, 2.05) is 18.2 Å². The van der Waals surface area contributed by atoms with Gasteiger partial charge in [-0.15, -0.1) is 0 Å². The SMILES string of the molecule is CCN(Cc1ccncc1)Cc1ccc(F)cc1CN. The van der Waals surface area contributed by atoms with E-state index in [9.17, 15) is 4.39 Å². The van der Waals surface area contributed by atoms with Crippen molar-refractivity contribution in [3.63, 3.8) is 0 Å². The zero-order valence-corrected chi connectivity index (χ0v) is 11.7. The monoisotopic (exact) mass is 273 g/mol. The Morgan fingerprint density at radius 3 is 2.50 bits per heavy atom. The van der Waals surface area contributed by atoms with E-state index >= 15 is 0 Å². The molecule has 0 bridgehead atoms. The maximum absolute atomic E-state index is 13.2. The third kappa shape index (κ3) is 3.85. The van der Waals surface area contributed by atoms with Crippen LogP contribution < -0.4 is 5.73 Å². The van der Waals surface area contributed by atoms with Crippen molar-refractivity contribution in [2.24, 2.45) is 5.73 Å². The van der Waals surface area contributed by atoms with Crippen LogP contribution in [0.15, 0.2) is 42.7 Å². The third-order valence-corrected chi connectivity index (χ3v) is 3.38. The summed E-state index contributed by atoms with van der Waals surface area (Å²) in [6, 6.07) is 8.87. The minimum absolute atomic E-state index is 0.230. The minimum Gasteiger partial charge on any atom is -0.326 e. The Morgan fingerprint density at radius 1 is 1.10 bits per heavy atom. The molecule has 1 aromatic heterocycles. The van der Waals surface area contributed by atoms with E-state index in [0.717, 1.165) is 30.8 Å². The van der Waals surface area contributed by atoms with Crippen molar-refractivity contribution < 1.29 is 4.39 Å². The predicted octanol–water partition coefficient (Wildman–Crippen LogP) is 2.70. The smallest absolute Gasteiger partial charge is 0.123 e. The van der Waals surface area contributed by atoms with Crippen LogP contribution in [0.2, 0.25) is 0 Å². The molecule has 0 atom stereocenters. The molecule has 2 aromatic rings. The van der Waals surface area contributed by atoms with Gasteiger partial charge in [-0.3, -0.25) is 9.88 Å². The summed E-state index contributed by atoms with van der Waals surface area (Å²) in [4.78, 5) is 6.32. The molecular weight excluding hydrogens is 253 g/mol. The Hall–Kier alpha value is -1.78. The second kappa shape index (κ2) is 7.12. The molecule has 1 aromatic carbocycles. The van der Waals surface area contributed by atoms with Crippen LogP contribution in [0, 0.1) is 5.82 Å². The molecule has 0 spiro atoms. The lowest BCUT2D eigenvalue weighted by Gasteiger charge is -2.22. The molecule has 0 saturated heterocycles. The largest absolute Gasteiger partial charge is 0.326 e. The third-order valence-electron chi connectivity index (χ3n) is 3.38. The van der Waals surface area contributed by atoms with E-state index in [1.54, 1.807) is 12.4 Å². The molecule has 3 nitrogen and oxygen atoms in total. The second-order valence-corrected chi connectivity index (χ2v) is 4.78. The number of rotatable bonds is 6. The van der Waals surface area contributed by atoms with Crippen LogP contribution in [0.4, 0.5) is 4.39 Å². The summed E-state index contributed by atoms with van der Waals surface area (Å²) in [6.07, 6.45) is 3.60. The Balaban J connectivity index is 2.10. The number of nitrogens with zero attached hydrogens (tertiary/aromatic N) is 2. The summed E-state index contributed by atoms with van der Waals surface area (Å²) < 4.78 is 13.2. The number of hydrogen-bond acceptors (Lipinski definition) is 3. The highest BCUT2D eigenvalue weighted by atomic mass is 19.1. The van der Waals surface area contributed by atoms with E-state index in [1.165, 1.54) is 17.7 Å². The lowest BCUT2D eigenvalue weighted by molar-refractivity contribution is 0.270. The normalized spacial score (nSPS) is 11.0. The van der Waals surface area contributed by atoms with Gasteiger partial charge in [0.25, 0.3) is 0 Å². The number of hydrogen-bond donors (Lipinski definition) is 1. The Morgan fingerprint density at radius 2 is 1.85 bits per heavy atom. The van der Waals surface area contributed by atoms with Gasteiger partial charge >= 0.3 is 0 Å².